The first-order valence-corrected chi connectivity index (χ1v) is 10.5. The normalized spacial score (nSPS) is 21.4. The summed E-state index contributed by atoms with van der Waals surface area (Å²) in [4.78, 5) is 33.5. The number of Topliss-reactive ketones (excluding diaryl/α,β-unsaturated/α-hetero) is 1. The zero-order valence-corrected chi connectivity index (χ0v) is 17.2. The Bertz CT molecular complexity index is 1180. The second-order valence-corrected chi connectivity index (χ2v) is 8.92. The lowest BCUT2D eigenvalue weighted by Gasteiger charge is -2.16. The summed E-state index contributed by atoms with van der Waals surface area (Å²) in [6.45, 7) is 1.68. The molecule has 1 heterocycles. The fraction of sp³-hybridized carbons (Fsp3) is 0.348. The molecule has 0 radical (unpaired) electrons. The Kier molecular flexibility index (Phi) is 4.43. The Morgan fingerprint density at radius 3 is 2.80 bits per heavy atom. The molecule has 5 nitrogen and oxygen atoms in total. The molecule has 2 aromatic carbocycles. The van der Waals surface area contributed by atoms with Crippen molar-refractivity contribution in [2.45, 2.75) is 44.1 Å². The first kappa shape index (κ1) is 19.2. The predicted octanol–water partition coefficient (Wildman–Crippen LogP) is 4.23. The van der Waals surface area contributed by atoms with Crippen molar-refractivity contribution in [3.8, 4) is 0 Å². The third-order valence-electron chi connectivity index (χ3n) is 6.17. The molecule has 0 unspecified atom stereocenters. The third kappa shape index (κ3) is 3.49. The van der Waals surface area contributed by atoms with Crippen LogP contribution in [0.3, 0.4) is 0 Å². The van der Waals surface area contributed by atoms with Gasteiger partial charge in [-0.3, -0.25) is 9.59 Å². The number of aromatic amines is 1. The number of halogens is 2. The average Bonchev–Trinajstić information content (AvgIpc) is 3.62. The van der Waals surface area contributed by atoms with Gasteiger partial charge in [0, 0.05) is 23.3 Å². The van der Waals surface area contributed by atoms with Gasteiger partial charge >= 0.3 is 0 Å². The summed E-state index contributed by atoms with van der Waals surface area (Å²) in [5.74, 6) is 0.233. The van der Waals surface area contributed by atoms with E-state index in [9.17, 15) is 14.0 Å². The van der Waals surface area contributed by atoms with E-state index < -0.39 is 5.54 Å². The van der Waals surface area contributed by atoms with Crippen LogP contribution in [-0.2, 0) is 16.0 Å². The van der Waals surface area contributed by atoms with E-state index in [4.69, 9.17) is 11.6 Å². The molecule has 30 heavy (non-hydrogen) atoms. The van der Waals surface area contributed by atoms with Crippen molar-refractivity contribution >= 4 is 34.3 Å². The van der Waals surface area contributed by atoms with Crippen LogP contribution in [0.25, 0.3) is 11.0 Å². The molecule has 0 saturated heterocycles. The lowest BCUT2D eigenvalue weighted by atomic mass is 10.00. The van der Waals surface area contributed by atoms with Gasteiger partial charge in [0.2, 0.25) is 5.91 Å². The number of ketones is 1. The van der Waals surface area contributed by atoms with Gasteiger partial charge in [0.15, 0.2) is 5.78 Å². The third-order valence-corrected chi connectivity index (χ3v) is 6.41. The molecule has 7 heteroatoms. The number of nitrogens with zero attached hydrogens (tertiary/aromatic N) is 1. The lowest BCUT2D eigenvalue weighted by molar-refractivity contribution is -0.129. The topological polar surface area (TPSA) is 74.8 Å². The summed E-state index contributed by atoms with van der Waals surface area (Å²) < 4.78 is 13.5. The van der Waals surface area contributed by atoms with Crippen LogP contribution in [0.15, 0.2) is 36.4 Å². The number of hydrogen-bond donors (Lipinski definition) is 2. The summed E-state index contributed by atoms with van der Waals surface area (Å²) in [5.41, 5.74) is 2.19. The average molecular weight is 426 g/mol. The quantitative estimate of drug-likeness (QED) is 0.620. The summed E-state index contributed by atoms with van der Waals surface area (Å²) in [5, 5.41) is 3.63. The van der Waals surface area contributed by atoms with Crippen LogP contribution in [0, 0.1) is 18.7 Å². The van der Waals surface area contributed by atoms with Crippen molar-refractivity contribution in [2.75, 3.05) is 0 Å². The van der Waals surface area contributed by atoms with Crippen molar-refractivity contribution in [1.82, 2.24) is 15.3 Å². The van der Waals surface area contributed by atoms with E-state index in [1.54, 1.807) is 25.1 Å². The fourth-order valence-electron chi connectivity index (χ4n) is 4.06. The molecule has 2 aliphatic carbocycles. The van der Waals surface area contributed by atoms with Crippen molar-refractivity contribution < 1.29 is 14.0 Å². The molecular formula is C23H21ClFN3O2. The minimum Gasteiger partial charge on any atom is -0.343 e. The van der Waals surface area contributed by atoms with Crippen molar-refractivity contribution in [3.63, 3.8) is 0 Å². The molecule has 2 fully saturated rings. The van der Waals surface area contributed by atoms with Gasteiger partial charge in [-0.05, 0) is 61.6 Å². The van der Waals surface area contributed by atoms with E-state index in [2.05, 4.69) is 15.3 Å². The Balaban J connectivity index is 1.23. The molecule has 2 N–H and O–H groups in total. The van der Waals surface area contributed by atoms with Gasteiger partial charge in [-0.25, -0.2) is 9.37 Å². The maximum atomic E-state index is 13.5. The maximum absolute atomic E-state index is 13.5. The van der Waals surface area contributed by atoms with E-state index in [-0.39, 0.29) is 35.8 Å². The summed E-state index contributed by atoms with van der Waals surface area (Å²) in [6, 6.07) is 10.2. The Labute approximate surface area is 178 Å². The predicted molar refractivity (Wildman–Crippen MR) is 112 cm³/mol. The molecule has 0 aliphatic heterocycles. The van der Waals surface area contributed by atoms with Crippen LogP contribution in [0.5, 0.6) is 0 Å². The molecule has 0 spiro atoms. The molecule has 3 aromatic rings. The van der Waals surface area contributed by atoms with Crippen LogP contribution in [0.2, 0.25) is 5.02 Å². The number of nitrogens with one attached hydrogen (secondary N) is 2. The molecule has 2 atom stereocenters. The van der Waals surface area contributed by atoms with E-state index in [1.165, 1.54) is 6.07 Å². The number of carbonyl (C=O) groups excluding carboxylic acids is 2. The van der Waals surface area contributed by atoms with Gasteiger partial charge in [-0.1, -0.05) is 23.7 Å². The van der Waals surface area contributed by atoms with E-state index in [0.717, 1.165) is 22.4 Å². The second kappa shape index (κ2) is 6.91. The molecule has 0 bridgehead atoms. The maximum Gasteiger partial charge on any atom is 0.224 e. The molecular weight excluding hydrogens is 405 g/mol. The highest BCUT2D eigenvalue weighted by Crippen LogP contribution is 2.48. The van der Waals surface area contributed by atoms with Crippen molar-refractivity contribution in [3.05, 3.63) is 64.2 Å². The summed E-state index contributed by atoms with van der Waals surface area (Å²) in [7, 11) is 0. The molecule has 154 valence electrons. The number of carbonyl (C=O) groups is 2. The number of fused-ring (bicyclic) bond motifs is 1. The van der Waals surface area contributed by atoms with Crippen LogP contribution in [0.1, 0.15) is 42.1 Å². The van der Waals surface area contributed by atoms with E-state index in [0.29, 0.717) is 29.8 Å². The number of aryl methyl sites for hydroxylation is 1. The number of rotatable bonds is 6. The van der Waals surface area contributed by atoms with Crippen molar-refractivity contribution in [1.29, 1.82) is 0 Å². The number of aromatic nitrogens is 2. The van der Waals surface area contributed by atoms with Gasteiger partial charge in [-0.2, -0.15) is 0 Å². The Morgan fingerprint density at radius 1 is 1.27 bits per heavy atom. The highest BCUT2D eigenvalue weighted by molar-refractivity contribution is 6.31. The minimum atomic E-state index is -0.770. The van der Waals surface area contributed by atoms with Gasteiger partial charge in [0.05, 0.1) is 16.6 Å². The van der Waals surface area contributed by atoms with Crippen LogP contribution >= 0.6 is 11.6 Å². The smallest absolute Gasteiger partial charge is 0.224 e. The lowest BCUT2D eigenvalue weighted by Crippen LogP contribution is -2.44. The molecule has 5 rings (SSSR count). The van der Waals surface area contributed by atoms with E-state index in [1.807, 2.05) is 12.1 Å². The van der Waals surface area contributed by atoms with Gasteiger partial charge in [0.25, 0.3) is 0 Å². The van der Waals surface area contributed by atoms with E-state index >= 15 is 0 Å². The highest BCUT2D eigenvalue weighted by Gasteiger charge is 2.54. The number of H-pyrrole nitrogens is 1. The summed E-state index contributed by atoms with van der Waals surface area (Å²) in [6.07, 6.45) is 2.21. The molecule has 2 aliphatic rings. The second-order valence-electron chi connectivity index (χ2n) is 8.49. The zero-order valence-electron chi connectivity index (χ0n) is 16.5. The van der Waals surface area contributed by atoms with Crippen LogP contribution in [0.4, 0.5) is 4.39 Å². The van der Waals surface area contributed by atoms with Crippen LogP contribution < -0.4 is 5.32 Å². The molecule has 1 aromatic heterocycles. The highest BCUT2D eigenvalue weighted by atomic mass is 35.5. The molecule has 2 saturated carbocycles. The fourth-order valence-corrected chi connectivity index (χ4v) is 4.23. The largest absolute Gasteiger partial charge is 0.343 e. The van der Waals surface area contributed by atoms with Crippen LogP contribution in [-0.4, -0.2) is 27.2 Å². The zero-order chi connectivity index (χ0) is 21.0. The van der Waals surface area contributed by atoms with Gasteiger partial charge in [-0.15, -0.1) is 0 Å². The van der Waals surface area contributed by atoms with Crippen molar-refractivity contribution in [2.24, 2.45) is 5.92 Å². The van der Waals surface area contributed by atoms with Gasteiger partial charge in [0.1, 0.15) is 11.6 Å². The molecule has 1 amide bonds. The number of imidazole rings is 1. The Hall–Kier alpha value is -2.73. The SMILES string of the molecule is Cc1cc(CC(=O)C2(NC(=O)[C@H]3C[C@@H]3c3nc4ccc(Cl)cc4[nH]3)CC2)ccc1F. The monoisotopic (exact) mass is 425 g/mol. The first-order valence-electron chi connectivity index (χ1n) is 10.1. The first-order chi connectivity index (χ1) is 14.3. The van der Waals surface area contributed by atoms with Gasteiger partial charge < -0.3 is 10.3 Å². The summed E-state index contributed by atoms with van der Waals surface area (Å²) >= 11 is 6.02. The number of amides is 1. The number of hydrogen-bond acceptors (Lipinski definition) is 3. The standard InChI is InChI=1S/C23H21ClFN3O2/c1-12-8-13(2-4-17(12)25)9-20(29)23(6-7-23)28-22(30)16-11-15(16)21-26-18-5-3-14(24)10-19(18)27-21/h2-5,8,10,15-16H,6-7,9,11H2,1H3,(H,26,27)(H,28,30)/t15-,16-/m0/s1. The minimum absolute atomic E-state index is 0.0163. The number of benzene rings is 2. The Morgan fingerprint density at radius 2 is 2.07 bits per heavy atom.